The Hall–Kier alpha value is -1.65. The third-order valence-electron chi connectivity index (χ3n) is 1.25. The first-order valence-corrected chi connectivity index (χ1v) is 3.46. The highest BCUT2D eigenvalue weighted by atomic mass is 16.1. The van der Waals surface area contributed by atoms with Gasteiger partial charge in [0.25, 0.3) is 0 Å². The predicted octanol–water partition coefficient (Wildman–Crippen LogP) is 0.326. The van der Waals surface area contributed by atoms with E-state index in [2.05, 4.69) is 15.3 Å². The summed E-state index contributed by atoms with van der Waals surface area (Å²) < 4.78 is 0. The molecule has 0 aliphatic carbocycles. The largest absolute Gasteiger partial charge is 0.382 e. The van der Waals surface area contributed by atoms with Crippen LogP contribution in [0.15, 0.2) is 6.20 Å². The SMILES string of the molecule is CC(=O)Nc1cnc(C)nc1N. The highest BCUT2D eigenvalue weighted by molar-refractivity contribution is 5.91. The first-order chi connectivity index (χ1) is 5.59. The zero-order valence-electron chi connectivity index (χ0n) is 6.96. The van der Waals surface area contributed by atoms with Crippen LogP contribution in [0, 0.1) is 6.92 Å². The standard InChI is InChI=1S/C7H10N4O/c1-4-9-3-6(7(8)10-4)11-5(2)12/h3H,1-2H3,(H,11,12)(H2,8,9,10). The molecule has 12 heavy (non-hydrogen) atoms. The monoisotopic (exact) mass is 166 g/mol. The van der Waals surface area contributed by atoms with Crippen LogP contribution in [-0.2, 0) is 4.79 Å². The van der Waals surface area contributed by atoms with Gasteiger partial charge < -0.3 is 11.1 Å². The van der Waals surface area contributed by atoms with Crippen LogP contribution >= 0.6 is 0 Å². The summed E-state index contributed by atoms with van der Waals surface area (Å²) in [6.45, 7) is 3.13. The minimum Gasteiger partial charge on any atom is -0.382 e. The molecule has 3 N–H and O–H groups in total. The van der Waals surface area contributed by atoms with E-state index >= 15 is 0 Å². The van der Waals surface area contributed by atoms with Crippen molar-refractivity contribution in [1.82, 2.24) is 9.97 Å². The Bertz CT molecular complexity index is 310. The molecule has 1 aromatic heterocycles. The third-order valence-corrected chi connectivity index (χ3v) is 1.25. The Balaban J connectivity index is 2.93. The van der Waals surface area contributed by atoms with Crippen LogP contribution in [0.5, 0.6) is 0 Å². The Morgan fingerprint density at radius 1 is 1.67 bits per heavy atom. The summed E-state index contributed by atoms with van der Waals surface area (Å²) in [5, 5.41) is 2.51. The number of hydrogen-bond donors (Lipinski definition) is 2. The van der Waals surface area contributed by atoms with Gasteiger partial charge >= 0.3 is 0 Å². The van der Waals surface area contributed by atoms with Gasteiger partial charge in [0.2, 0.25) is 5.91 Å². The summed E-state index contributed by atoms with van der Waals surface area (Å²) >= 11 is 0. The van der Waals surface area contributed by atoms with Crippen LogP contribution < -0.4 is 11.1 Å². The number of nitrogens with two attached hydrogens (primary N) is 1. The highest BCUT2D eigenvalue weighted by Crippen LogP contribution is 2.12. The normalized spacial score (nSPS) is 9.50. The third kappa shape index (κ3) is 1.91. The maximum Gasteiger partial charge on any atom is 0.221 e. The number of aromatic nitrogens is 2. The molecule has 0 atom stereocenters. The fourth-order valence-corrected chi connectivity index (χ4v) is 0.773. The van der Waals surface area contributed by atoms with Crippen molar-refractivity contribution in [2.75, 3.05) is 11.1 Å². The van der Waals surface area contributed by atoms with Crippen molar-refractivity contribution < 1.29 is 4.79 Å². The van der Waals surface area contributed by atoms with E-state index in [0.29, 0.717) is 11.5 Å². The molecule has 0 aliphatic rings. The first kappa shape index (κ1) is 8.45. The van der Waals surface area contributed by atoms with Gasteiger partial charge in [-0.2, -0.15) is 0 Å². The molecular formula is C7H10N4O. The van der Waals surface area contributed by atoms with E-state index in [1.807, 2.05) is 0 Å². The van der Waals surface area contributed by atoms with Crippen molar-refractivity contribution in [3.8, 4) is 0 Å². The van der Waals surface area contributed by atoms with Gasteiger partial charge in [0.05, 0.1) is 6.20 Å². The molecule has 0 fully saturated rings. The van der Waals surface area contributed by atoms with Gasteiger partial charge in [-0.3, -0.25) is 4.79 Å². The quantitative estimate of drug-likeness (QED) is 0.629. The summed E-state index contributed by atoms with van der Waals surface area (Å²) in [5.41, 5.74) is 5.96. The van der Waals surface area contributed by atoms with Gasteiger partial charge in [-0.25, -0.2) is 9.97 Å². The first-order valence-electron chi connectivity index (χ1n) is 3.46. The highest BCUT2D eigenvalue weighted by Gasteiger charge is 2.01. The average molecular weight is 166 g/mol. The number of amides is 1. The summed E-state index contributed by atoms with van der Waals surface area (Å²) in [4.78, 5) is 18.4. The van der Waals surface area contributed by atoms with Crippen molar-refractivity contribution in [2.45, 2.75) is 13.8 Å². The van der Waals surface area contributed by atoms with Crippen LogP contribution in [0.3, 0.4) is 0 Å². The molecular weight excluding hydrogens is 156 g/mol. The van der Waals surface area contributed by atoms with Gasteiger partial charge in [0.1, 0.15) is 11.5 Å². The molecule has 1 rings (SSSR count). The second-order valence-electron chi connectivity index (χ2n) is 2.40. The molecule has 0 spiro atoms. The lowest BCUT2D eigenvalue weighted by Crippen LogP contribution is -2.10. The number of carbonyl (C=O) groups excluding carboxylic acids is 1. The summed E-state index contributed by atoms with van der Waals surface area (Å²) in [6.07, 6.45) is 1.49. The van der Waals surface area contributed by atoms with Gasteiger partial charge in [0.15, 0.2) is 5.82 Å². The molecule has 64 valence electrons. The molecule has 1 aromatic rings. The van der Waals surface area contributed by atoms with E-state index in [1.165, 1.54) is 13.1 Å². The molecule has 5 heteroatoms. The number of aryl methyl sites for hydroxylation is 1. The Morgan fingerprint density at radius 3 is 2.83 bits per heavy atom. The number of carbonyl (C=O) groups is 1. The lowest BCUT2D eigenvalue weighted by molar-refractivity contribution is -0.114. The van der Waals surface area contributed by atoms with E-state index in [1.54, 1.807) is 6.92 Å². The second kappa shape index (κ2) is 3.17. The number of nitrogen functional groups attached to an aromatic ring is 1. The van der Waals surface area contributed by atoms with Gasteiger partial charge in [-0.05, 0) is 6.92 Å². The molecule has 0 unspecified atom stereocenters. The minimum absolute atomic E-state index is 0.186. The van der Waals surface area contributed by atoms with Crippen molar-refractivity contribution in [3.05, 3.63) is 12.0 Å². The lowest BCUT2D eigenvalue weighted by Gasteiger charge is -2.03. The van der Waals surface area contributed by atoms with Crippen molar-refractivity contribution in [3.63, 3.8) is 0 Å². The number of hydrogen-bond acceptors (Lipinski definition) is 4. The van der Waals surface area contributed by atoms with Gasteiger partial charge in [-0.1, -0.05) is 0 Å². The summed E-state index contributed by atoms with van der Waals surface area (Å²) in [6, 6.07) is 0. The van der Waals surface area contributed by atoms with E-state index in [4.69, 9.17) is 5.73 Å². The fourth-order valence-electron chi connectivity index (χ4n) is 0.773. The van der Waals surface area contributed by atoms with Gasteiger partial charge in [0, 0.05) is 6.92 Å². The Labute approximate surface area is 70.0 Å². The van der Waals surface area contributed by atoms with Crippen molar-refractivity contribution in [1.29, 1.82) is 0 Å². The number of nitrogens with one attached hydrogen (secondary N) is 1. The van der Waals surface area contributed by atoms with Crippen molar-refractivity contribution in [2.24, 2.45) is 0 Å². The maximum atomic E-state index is 10.6. The summed E-state index contributed by atoms with van der Waals surface area (Å²) in [7, 11) is 0. The molecule has 5 nitrogen and oxygen atoms in total. The molecule has 0 saturated carbocycles. The number of nitrogens with zero attached hydrogens (tertiary/aromatic N) is 2. The number of rotatable bonds is 1. The predicted molar refractivity (Wildman–Crippen MR) is 45.5 cm³/mol. The van der Waals surface area contributed by atoms with E-state index in [0.717, 1.165) is 0 Å². The summed E-state index contributed by atoms with van der Waals surface area (Å²) in [5.74, 6) is 0.688. The van der Waals surface area contributed by atoms with Crippen molar-refractivity contribution >= 4 is 17.4 Å². The molecule has 0 radical (unpaired) electrons. The molecule has 1 amide bonds. The molecule has 0 bridgehead atoms. The van der Waals surface area contributed by atoms with Crippen LogP contribution in [-0.4, -0.2) is 15.9 Å². The van der Waals surface area contributed by atoms with Gasteiger partial charge in [-0.15, -0.1) is 0 Å². The maximum absolute atomic E-state index is 10.6. The van der Waals surface area contributed by atoms with E-state index in [9.17, 15) is 4.79 Å². The second-order valence-corrected chi connectivity index (χ2v) is 2.40. The topological polar surface area (TPSA) is 80.9 Å². The van der Waals surface area contributed by atoms with E-state index < -0.39 is 0 Å². The van der Waals surface area contributed by atoms with E-state index in [-0.39, 0.29) is 11.7 Å². The molecule has 1 heterocycles. The molecule has 0 aromatic carbocycles. The zero-order valence-corrected chi connectivity index (χ0v) is 6.96. The van der Waals surface area contributed by atoms with Crippen LogP contribution in [0.4, 0.5) is 11.5 Å². The number of anilines is 2. The van der Waals surface area contributed by atoms with Crippen LogP contribution in [0.25, 0.3) is 0 Å². The Morgan fingerprint density at radius 2 is 2.33 bits per heavy atom. The average Bonchev–Trinajstić information content (AvgIpc) is 1.94. The Kier molecular flexibility index (Phi) is 2.23. The molecule has 0 aliphatic heterocycles. The fraction of sp³-hybridized carbons (Fsp3) is 0.286. The zero-order chi connectivity index (χ0) is 9.14. The van der Waals surface area contributed by atoms with Crippen LogP contribution in [0.2, 0.25) is 0 Å². The molecule has 0 saturated heterocycles. The van der Waals surface area contributed by atoms with Crippen LogP contribution in [0.1, 0.15) is 12.7 Å². The smallest absolute Gasteiger partial charge is 0.221 e. The minimum atomic E-state index is -0.186. The lowest BCUT2D eigenvalue weighted by atomic mass is 10.4.